The maximum absolute atomic E-state index is 12.7. The summed E-state index contributed by atoms with van der Waals surface area (Å²) in [5.41, 5.74) is -0.786. The molecule has 9 heteroatoms. The summed E-state index contributed by atoms with van der Waals surface area (Å²) in [6, 6.07) is 11.0. The van der Waals surface area contributed by atoms with Crippen LogP contribution in [0.5, 0.6) is 0 Å². The standard InChI is InChI=1S/C20H16ClF3N4O/c21-15-6-1-2-7-16(15)28-17(8-10-25)19(26)18(29)9-11-27-14-5-3-4-13(12-14)20(22,23)24/h1-7,10-12,25-26H,8-9H2. The van der Waals surface area contributed by atoms with E-state index in [0.717, 1.165) is 24.6 Å². The summed E-state index contributed by atoms with van der Waals surface area (Å²) >= 11 is 6.03. The molecule has 29 heavy (non-hydrogen) atoms. The van der Waals surface area contributed by atoms with Crippen LogP contribution in [0, 0.1) is 10.8 Å². The van der Waals surface area contributed by atoms with Crippen LogP contribution in [-0.2, 0) is 11.0 Å². The Morgan fingerprint density at radius 1 is 1.10 bits per heavy atom. The van der Waals surface area contributed by atoms with E-state index in [2.05, 4.69) is 9.98 Å². The van der Waals surface area contributed by atoms with Crippen LogP contribution in [0.15, 0.2) is 58.5 Å². The molecule has 150 valence electrons. The van der Waals surface area contributed by atoms with E-state index in [1.807, 2.05) is 0 Å². The van der Waals surface area contributed by atoms with Crippen molar-refractivity contribution in [2.24, 2.45) is 9.98 Å². The second kappa shape index (κ2) is 9.88. The Morgan fingerprint density at radius 3 is 2.48 bits per heavy atom. The number of Topliss-reactive ketones (excluding diaryl/α,β-unsaturated/α-hetero) is 1. The highest BCUT2D eigenvalue weighted by Gasteiger charge is 2.30. The quantitative estimate of drug-likeness (QED) is 0.515. The molecule has 5 nitrogen and oxygen atoms in total. The number of hydrogen-bond donors (Lipinski definition) is 2. The molecule has 2 N–H and O–H groups in total. The first-order valence-corrected chi connectivity index (χ1v) is 8.73. The maximum atomic E-state index is 12.7. The van der Waals surface area contributed by atoms with Crippen molar-refractivity contribution < 1.29 is 18.0 Å². The van der Waals surface area contributed by atoms with Gasteiger partial charge in [-0.2, -0.15) is 13.2 Å². The molecule has 2 aromatic rings. The first kappa shape index (κ1) is 22.2. The van der Waals surface area contributed by atoms with Gasteiger partial charge in [0.1, 0.15) is 5.71 Å². The molecular weight excluding hydrogens is 405 g/mol. The van der Waals surface area contributed by atoms with Crippen LogP contribution in [0.1, 0.15) is 18.4 Å². The fraction of sp³-hybridized carbons (Fsp3) is 0.150. The summed E-state index contributed by atoms with van der Waals surface area (Å²) in [7, 11) is 0. The molecule has 0 amide bonds. The highest BCUT2D eigenvalue weighted by molar-refractivity contribution is 6.68. The van der Waals surface area contributed by atoms with Gasteiger partial charge in [-0.15, -0.1) is 0 Å². The molecule has 0 radical (unpaired) electrons. The van der Waals surface area contributed by atoms with E-state index in [-0.39, 0.29) is 24.2 Å². The van der Waals surface area contributed by atoms with Crippen molar-refractivity contribution in [3.8, 4) is 0 Å². The van der Waals surface area contributed by atoms with Gasteiger partial charge in [0.25, 0.3) is 0 Å². The molecule has 2 rings (SSSR count). The molecule has 0 fully saturated rings. The summed E-state index contributed by atoms with van der Waals surface area (Å²) < 4.78 is 38.2. The van der Waals surface area contributed by atoms with E-state index >= 15 is 0 Å². The van der Waals surface area contributed by atoms with E-state index in [1.165, 1.54) is 12.1 Å². The normalized spacial score (nSPS) is 12.2. The molecule has 0 atom stereocenters. The maximum Gasteiger partial charge on any atom is 0.416 e. The number of nitrogens with one attached hydrogen (secondary N) is 2. The fourth-order valence-corrected chi connectivity index (χ4v) is 2.43. The molecular formula is C20H16ClF3N4O. The number of hydrogen-bond acceptors (Lipinski definition) is 5. The van der Waals surface area contributed by atoms with E-state index in [4.69, 9.17) is 22.4 Å². The molecule has 0 heterocycles. The average Bonchev–Trinajstić information content (AvgIpc) is 2.68. The lowest BCUT2D eigenvalue weighted by atomic mass is 10.1. The van der Waals surface area contributed by atoms with Crippen molar-refractivity contribution in [2.45, 2.75) is 19.0 Å². The molecule has 0 spiro atoms. The fourth-order valence-electron chi connectivity index (χ4n) is 2.25. The Morgan fingerprint density at radius 2 is 1.83 bits per heavy atom. The minimum Gasteiger partial charge on any atom is -0.313 e. The molecule has 0 aromatic heterocycles. The van der Waals surface area contributed by atoms with Crippen molar-refractivity contribution >= 4 is 52.6 Å². The van der Waals surface area contributed by atoms with Crippen LogP contribution in [-0.4, -0.2) is 29.6 Å². The third kappa shape index (κ3) is 6.46. The molecule has 0 unspecified atom stereocenters. The minimum absolute atomic E-state index is 0.0411. The number of carbonyl (C=O) groups is 1. The summed E-state index contributed by atoms with van der Waals surface area (Å²) in [5, 5.41) is 15.6. The number of ketones is 1. The van der Waals surface area contributed by atoms with Gasteiger partial charge in [-0.3, -0.25) is 15.2 Å². The summed E-state index contributed by atoms with van der Waals surface area (Å²) in [4.78, 5) is 20.3. The number of benzene rings is 2. The van der Waals surface area contributed by atoms with E-state index in [9.17, 15) is 18.0 Å². The highest BCUT2D eigenvalue weighted by atomic mass is 35.5. The highest BCUT2D eigenvalue weighted by Crippen LogP contribution is 2.31. The second-order valence-corrected chi connectivity index (χ2v) is 6.19. The zero-order valence-corrected chi connectivity index (χ0v) is 15.8. The SMILES string of the molecule is N=CCC(=Nc1ccccc1Cl)C(=N)C(=O)CC=Nc1cccc(C(F)(F)F)c1. The predicted molar refractivity (Wildman–Crippen MR) is 109 cm³/mol. The molecule has 0 saturated carbocycles. The molecule has 0 aliphatic carbocycles. The van der Waals surface area contributed by atoms with Gasteiger partial charge in [0.2, 0.25) is 0 Å². The third-order valence-corrected chi connectivity index (χ3v) is 3.98. The Hall–Kier alpha value is -3.13. The predicted octanol–water partition coefficient (Wildman–Crippen LogP) is 5.85. The van der Waals surface area contributed by atoms with E-state index < -0.39 is 23.2 Å². The number of carbonyl (C=O) groups excluding carboxylic acids is 1. The topological polar surface area (TPSA) is 89.5 Å². The van der Waals surface area contributed by atoms with Crippen molar-refractivity contribution in [2.75, 3.05) is 0 Å². The van der Waals surface area contributed by atoms with Gasteiger partial charge in [-0.1, -0.05) is 29.8 Å². The van der Waals surface area contributed by atoms with Crippen molar-refractivity contribution in [3.63, 3.8) is 0 Å². The van der Waals surface area contributed by atoms with Gasteiger partial charge in [0.15, 0.2) is 5.78 Å². The van der Waals surface area contributed by atoms with Crippen molar-refractivity contribution in [3.05, 3.63) is 59.1 Å². The molecule has 0 bridgehead atoms. The Labute approximate surface area is 170 Å². The summed E-state index contributed by atoms with van der Waals surface area (Å²) in [5.74, 6) is -0.631. The van der Waals surface area contributed by atoms with Gasteiger partial charge in [-0.25, -0.2) is 4.99 Å². The zero-order chi connectivity index (χ0) is 21.4. The van der Waals surface area contributed by atoms with Crippen molar-refractivity contribution in [1.29, 1.82) is 10.8 Å². The van der Waals surface area contributed by atoms with Gasteiger partial charge in [0, 0.05) is 25.3 Å². The van der Waals surface area contributed by atoms with Crippen LogP contribution in [0.4, 0.5) is 24.5 Å². The lowest BCUT2D eigenvalue weighted by Crippen LogP contribution is -2.23. The van der Waals surface area contributed by atoms with E-state index in [0.29, 0.717) is 10.7 Å². The van der Waals surface area contributed by atoms with Crippen LogP contribution >= 0.6 is 11.6 Å². The van der Waals surface area contributed by atoms with Gasteiger partial charge >= 0.3 is 6.18 Å². The van der Waals surface area contributed by atoms with Gasteiger partial charge in [-0.05, 0) is 30.3 Å². The Balaban J connectivity index is 2.12. The number of nitrogens with zero attached hydrogens (tertiary/aromatic N) is 2. The number of alkyl halides is 3. The molecule has 0 saturated heterocycles. The lowest BCUT2D eigenvalue weighted by molar-refractivity contribution is -0.137. The largest absolute Gasteiger partial charge is 0.416 e. The van der Waals surface area contributed by atoms with Crippen LogP contribution in [0.2, 0.25) is 5.02 Å². The van der Waals surface area contributed by atoms with Gasteiger partial charge in [0.05, 0.1) is 27.7 Å². The third-order valence-electron chi connectivity index (χ3n) is 3.66. The summed E-state index contributed by atoms with van der Waals surface area (Å²) in [6.07, 6.45) is -2.67. The Kier molecular flexibility index (Phi) is 7.55. The average molecular weight is 421 g/mol. The van der Waals surface area contributed by atoms with Crippen LogP contribution in [0.25, 0.3) is 0 Å². The van der Waals surface area contributed by atoms with Crippen molar-refractivity contribution in [1.82, 2.24) is 0 Å². The summed E-state index contributed by atoms with van der Waals surface area (Å²) in [6.45, 7) is 0. The number of para-hydroxylation sites is 1. The first-order valence-electron chi connectivity index (χ1n) is 8.35. The zero-order valence-electron chi connectivity index (χ0n) is 15.0. The first-order chi connectivity index (χ1) is 13.7. The molecule has 0 aliphatic heterocycles. The Bertz CT molecular complexity index is 984. The monoisotopic (exact) mass is 420 g/mol. The molecule has 0 aliphatic rings. The number of aliphatic imine (C=N–C) groups is 2. The minimum atomic E-state index is -4.49. The smallest absolute Gasteiger partial charge is 0.313 e. The van der Waals surface area contributed by atoms with Gasteiger partial charge < -0.3 is 5.41 Å². The second-order valence-electron chi connectivity index (χ2n) is 5.78. The number of halogens is 4. The van der Waals surface area contributed by atoms with Crippen LogP contribution < -0.4 is 0 Å². The van der Waals surface area contributed by atoms with Crippen LogP contribution in [0.3, 0.4) is 0 Å². The lowest BCUT2D eigenvalue weighted by Gasteiger charge is -2.06. The molecule has 2 aromatic carbocycles. The van der Waals surface area contributed by atoms with E-state index in [1.54, 1.807) is 24.3 Å². The number of rotatable bonds is 8.